The number of nitrogens with zero attached hydrogens (tertiary/aromatic N) is 8. The maximum Gasteiger partial charge on any atom is 0.255 e. The standard InChI is InChI=1S/C17H15ClF3N5.C17H13ClFN3O/c1-9-2-4-25(5-3-9)16-14(13-11(20)6-10(19)7-12(13)21)15(18)24-17-22-8-23-26(16)17;18-15-4-2-1-3-14(15)16-17(23-16,9-22-11-20-10-21-22)12-5-7-13(19)8-6-12/h6-9H,2-5H2,1H3;1-8,10-11,16H,9H2. The van der Waals surface area contributed by atoms with E-state index in [2.05, 4.69) is 32.1 Å². The van der Waals surface area contributed by atoms with Crippen LogP contribution >= 0.6 is 23.2 Å². The van der Waals surface area contributed by atoms with Gasteiger partial charge in [-0.2, -0.15) is 24.7 Å². The van der Waals surface area contributed by atoms with E-state index in [1.54, 1.807) is 23.1 Å². The van der Waals surface area contributed by atoms with E-state index in [9.17, 15) is 17.6 Å². The second-order valence-corrected chi connectivity index (χ2v) is 12.8. The molecule has 49 heavy (non-hydrogen) atoms. The molecule has 0 saturated carbocycles. The average Bonchev–Trinajstić information content (AvgIpc) is 3.35. The number of ether oxygens (including phenoxy) is 1. The predicted molar refractivity (Wildman–Crippen MR) is 175 cm³/mol. The molecule has 9 nitrogen and oxygen atoms in total. The summed E-state index contributed by atoms with van der Waals surface area (Å²) < 4.78 is 64.8. The second-order valence-electron chi connectivity index (χ2n) is 12.0. The summed E-state index contributed by atoms with van der Waals surface area (Å²) >= 11 is 12.6. The molecule has 2 unspecified atom stereocenters. The zero-order valence-electron chi connectivity index (χ0n) is 25.9. The van der Waals surface area contributed by atoms with Gasteiger partial charge in [-0.3, -0.25) is 0 Å². The van der Waals surface area contributed by atoms with Gasteiger partial charge in [0.2, 0.25) is 0 Å². The molecule has 252 valence electrons. The topological polar surface area (TPSA) is 89.6 Å². The van der Waals surface area contributed by atoms with Crippen molar-refractivity contribution in [1.82, 2.24) is 34.3 Å². The summed E-state index contributed by atoms with van der Waals surface area (Å²) in [5.74, 6) is -2.17. The van der Waals surface area contributed by atoms with Gasteiger partial charge in [-0.25, -0.2) is 27.2 Å². The summed E-state index contributed by atoms with van der Waals surface area (Å²) in [7, 11) is 0. The van der Waals surface area contributed by atoms with Gasteiger partial charge in [0.15, 0.2) is 0 Å². The van der Waals surface area contributed by atoms with Crippen LogP contribution in [0.5, 0.6) is 0 Å². The van der Waals surface area contributed by atoms with E-state index in [0.717, 1.165) is 24.0 Å². The number of halogens is 6. The zero-order chi connectivity index (χ0) is 34.3. The van der Waals surface area contributed by atoms with Crippen molar-refractivity contribution in [2.45, 2.75) is 38.0 Å². The normalized spacial score (nSPS) is 19.2. The Balaban J connectivity index is 0.000000155. The number of anilines is 1. The Bertz CT molecular complexity index is 2080. The smallest absolute Gasteiger partial charge is 0.255 e. The zero-order valence-corrected chi connectivity index (χ0v) is 27.5. The molecule has 0 spiro atoms. The fourth-order valence-electron chi connectivity index (χ4n) is 6.21. The van der Waals surface area contributed by atoms with Crippen molar-refractivity contribution in [2.24, 2.45) is 5.92 Å². The Hall–Kier alpha value is -4.59. The van der Waals surface area contributed by atoms with Crippen LogP contribution in [0, 0.1) is 29.2 Å². The Kier molecular flexibility index (Phi) is 8.99. The van der Waals surface area contributed by atoms with E-state index in [1.807, 2.05) is 29.2 Å². The molecule has 2 atom stereocenters. The molecule has 6 aromatic rings. The van der Waals surface area contributed by atoms with Crippen LogP contribution in [0.1, 0.15) is 37.0 Å². The molecule has 0 N–H and O–H groups in total. The molecular formula is C34H28Cl2F4N8O. The van der Waals surface area contributed by atoms with Crippen molar-refractivity contribution >= 4 is 34.8 Å². The van der Waals surface area contributed by atoms with E-state index in [4.69, 9.17) is 27.9 Å². The molecule has 0 bridgehead atoms. The first kappa shape index (κ1) is 32.9. The first-order valence-corrected chi connectivity index (χ1v) is 16.2. The molecule has 0 radical (unpaired) electrons. The van der Waals surface area contributed by atoms with Gasteiger partial charge < -0.3 is 9.64 Å². The highest BCUT2D eigenvalue weighted by molar-refractivity contribution is 6.33. The summed E-state index contributed by atoms with van der Waals surface area (Å²) in [6, 6.07) is 15.2. The van der Waals surface area contributed by atoms with Crippen LogP contribution in [0.3, 0.4) is 0 Å². The third-order valence-corrected chi connectivity index (χ3v) is 9.39. The number of hydrogen-bond acceptors (Lipinski definition) is 7. The van der Waals surface area contributed by atoms with Gasteiger partial charge in [0.25, 0.3) is 5.78 Å². The summed E-state index contributed by atoms with van der Waals surface area (Å²) in [5, 5.41) is 8.84. The van der Waals surface area contributed by atoms with Crippen LogP contribution in [0.2, 0.25) is 10.2 Å². The SMILES string of the molecule is CC1CCN(c2c(-c3c(F)cc(F)cc3F)c(Cl)nc3ncnn23)CC1.Fc1ccc(C2(Cn3cncn3)OC2c2ccccc2Cl)cc1. The van der Waals surface area contributed by atoms with Gasteiger partial charge in [0, 0.05) is 35.8 Å². The first-order valence-electron chi connectivity index (χ1n) is 15.4. The number of rotatable bonds is 6. The monoisotopic (exact) mass is 710 g/mol. The first-order chi connectivity index (χ1) is 23.6. The molecule has 2 fully saturated rings. The molecule has 15 heteroatoms. The second kappa shape index (κ2) is 13.4. The van der Waals surface area contributed by atoms with Crippen LogP contribution in [-0.4, -0.2) is 47.4 Å². The number of piperidine rings is 1. The minimum absolute atomic E-state index is 0.0502. The van der Waals surface area contributed by atoms with Crippen molar-refractivity contribution in [3.05, 3.63) is 124 Å². The fourth-order valence-corrected chi connectivity index (χ4v) is 6.70. The number of benzene rings is 3. The molecule has 2 saturated heterocycles. The number of epoxide rings is 1. The molecule has 0 aliphatic carbocycles. The molecular weight excluding hydrogens is 683 g/mol. The third kappa shape index (κ3) is 6.45. The van der Waals surface area contributed by atoms with Crippen molar-refractivity contribution in [3.63, 3.8) is 0 Å². The molecule has 0 amide bonds. The van der Waals surface area contributed by atoms with Crippen LogP contribution < -0.4 is 4.90 Å². The van der Waals surface area contributed by atoms with E-state index >= 15 is 0 Å². The lowest BCUT2D eigenvalue weighted by Gasteiger charge is -2.33. The molecule has 8 rings (SSSR count). The van der Waals surface area contributed by atoms with Crippen LogP contribution in [0.4, 0.5) is 23.4 Å². The molecule has 3 aromatic carbocycles. The predicted octanol–water partition coefficient (Wildman–Crippen LogP) is 7.84. The highest BCUT2D eigenvalue weighted by Crippen LogP contribution is 2.59. The van der Waals surface area contributed by atoms with Gasteiger partial charge in [0.1, 0.15) is 64.9 Å². The lowest BCUT2D eigenvalue weighted by atomic mass is 9.91. The van der Waals surface area contributed by atoms with Crippen LogP contribution in [-0.2, 0) is 16.9 Å². The van der Waals surface area contributed by atoms with Crippen LogP contribution in [0.25, 0.3) is 16.9 Å². The summed E-state index contributed by atoms with van der Waals surface area (Å²) in [6.07, 6.45) is 6.05. The summed E-state index contributed by atoms with van der Waals surface area (Å²) in [4.78, 5) is 14.0. The molecule has 3 aromatic heterocycles. The van der Waals surface area contributed by atoms with Gasteiger partial charge in [-0.15, -0.1) is 0 Å². The van der Waals surface area contributed by atoms with Gasteiger partial charge in [0.05, 0.1) is 17.7 Å². The highest BCUT2D eigenvalue weighted by Gasteiger charge is 2.59. The third-order valence-electron chi connectivity index (χ3n) is 8.78. The largest absolute Gasteiger partial charge is 0.356 e. The molecule has 5 heterocycles. The van der Waals surface area contributed by atoms with E-state index < -0.39 is 28.6 Å². The minimum Gasteiger partial charge on any atom is -0.356 e. The Morgan fingerprint density at radius 1 is 0.878 bits per heavy atom. The van der Waals surface area contributed by atoms with Crippen molar-refractivity contribution in [1.29, 1.82) is 0 Å². The Labute approximate surface area is 288 Å². The quantitative estimate of drug-likeness (QED) is 0.0989. The Morgan fingerprint density at radius 3 is 2.27 bits per heavy atom. The Morgan fingerprint density at radius 2 is 1.59 bits per heavy atom. The van der Waals surface area contributed by atoms with Crippen molar-refractivity contribution in [2.75, 3.05) is 18.0 Å². The number of fused-ring (bicyclic) bond motifs is 1. The summed E-state index contributed by atoms with van der Waals surface area (Å²) in [5.41, 5.74) is 0.814. The number of hydrogen-bond donors (Lipinski definition) is 0. The lowest BCUT2D eigenvalue weighted by Crippen LogP contribution is -2.35. The molecule has 2 aliphatic heterocycles. The van der Waals surface area contributed by atoms with Crippen LogP contribution in [0.15, 0.2) is 79.6 Å². The highest BCUT2D eigenvalue weighted by atomic mass is 35.5. The minimum atomic E-state index is -1.04. The van der Waals surface area contributed by atoms with Gasteiger partial charge >= 0.3 is 0 Å². The average molecular weight is 712 g/mol. The van der Waals surface area contributed by atoms with Gasteiger partial charge in [-0.1, -0.05) is 60.5 Å². The maximum absolute atomic E-state index is 14.5. The van der Waals surface area contributed by atoms with E-state index in [-0.39, 0.29) is 28.4 Å². The number of aromatic nitrogens is 7. The fraction of sp³-hybridized carbons (Fsp3) is 0.265. The van der Waals surface area contributed by atoms with E-state index in [1.165, 1.54) is 29.3 Å². The lowest BCUT2D eigenvalue weighted by molar-refractivity contribution is 0.262. The maximum atomic E-state index is 14.5. The van der Waals surface area contributed by atoms with E-state index in [0.29, 0.717) is 48.5 Å². The van der Waals surface area contributed by atoms with Crippen molar-refractivity contribution in [3.8, 4) is 11.1 Å². The van der Waals surface area contributed by atoms with Gasteiger partial charge in [-0.05, 0) is 42.5 Å². The van der Waals surface area contributed by atoms with Crippen molar-refractivity contribution < 1.29 is 22.3 Å². The summed E-state index contributed by atoms with van der Waals surface area (Å²) in [6.45, 7) is 3.98. The molecule has 2 aliphatic rings.